The van der Waals surface area contributed by atoms with Crippen molar-refractivity contribution in [2.24, 2.45) is 0 Å². The van der Waals surface area contributed by atoms with Gasteiger partial charge in [-0.2, -0.15) is 0 Å². The Hall–Kier alpha value is -1.84. The summed E-state index contributed by atoms with van der Waals surface area (Å²) in [5, 5.41) is 5.31. The fourth-order valence-corrected chi connectivity index (χ4v) is 1.54. The molecule has 0 heterocycles. The van der Waals surface area contributed by atoms with Gasteiger partial charge in [-0.15, -0.1) is 0 Å². The number of Topliss-reactive ketones (excluding diaryl/α,β-unsaturated/α-hetero) is 1. The number of rotatable bonds is 5. The van der Waals surface area contributed by atoms with Crippen molar-refractivity contribution < 1.29 is 9.59 Å². The number of benzene rings is 1. The number of hydrogen-bond donors (Lipinski definition) is 2. The molecular formula is C13H18N2O2. The Morgan fingerprint density at radius 1 is 1.18 bits per heavy atom. The molecule has 0 aliphatic heterocycles. The maximum absolute atomic E-state index is 11.8. The minimum Gasteiger partial charge on any atom is -0.338 e. The quantitative estimate of drug-likeness (QED) is 0.819. The van der Waals surface area contributed by atoms with E-state index in [-0.39, 0.29) is 11.8 Å². The molecule has 0 aliphatic carbocycles. The number of urea groups is 1. The van der Waals surface area contributed by atoms with Crippen LogP contribution in [-0.4, -0.2) is 18.4 Å². The van der Waals surface area contributed by atoms with Gasteiger partial charge in [-0.3, -0.25) is 4.79 Å². The number of carbonyl (C=O) groups is 2. The van der Waals surface area contributed by atoms with Crippen LogP contribution < -0.4 is 10.6 Å². The first kappa shape index (κ1) is 13.2. The van der Waals surface area contributed by atoms with E-state index in [1.807, 2.05) is 37.3 Å². The highest BCUT2D eigenvalue weighted by Crippen LogP contribution is 2.14. The van der Waals surface area contributed by atoms with E-state index in [4.69, 9.17) is 0 Å². The first-order valence-electron chi connectivity index (χ1n) is 5.81. The predicted octanol–water partition coefficient (Wildman–Crippen LogP) is 2.03. The molecule has 0 aromatic heterocycles. The van der Waals surface area contributed by atoms with Crippen molar-refractivity contribution in [3.63, 3.8) is 0 Å². The van der Waals surface area contributed by atoms with Gasteiger partial charge in [0.15, 0.2) is 5.78 Å². The zero-order valence-electron chi connectivity index (χ0n) is 10.2. The molecule has 1 rings (SSSR count). The van der Waals surface area contributed by atoms with Crippen LogP contribution in [0.25, 0.3) is 0 Å². The van der Waals surface area contributed by atoms with Crippen LogP contribution in [0.5, 0.6) is 0 Å². The number of hydrogen-bond acceptors (Lipinski definition) is 2. The van der Waals surface area contributed by atoms with Gasteiger partial charge in [0.05, 0.1) is 0 Å². The van der Waals surface area contributed by atoms with Crippen LogP contribution in [-0.2, 0) is 4.79 Å². The lowest BCUT2D eigenvalue weighted by molar-refractivity contribution is -0.120. The molecule has 2 amide bonds. The van der Waals surface area contributed by atoms with Crippen LogP contribution in [0.1, 0.15) is 31.9 Å². The lowest BCUT2D eigenvalue weighted by Crippen LogP contribution is -2.40. The second-order valence-electron chi connectivity index (χ2n) is 3.67. The molecule has 0 saturated heterocycles. The van der Waals surface area contributed by atoms with Gasteiger partial charge in [-0.25, -0.2) is 4.79 Å². The number of carbonyl (C=O) groups excluding carboxylic acids is 2. The zero-order chi connectivity index (χ0) is 12.7. The Morgan fingerprint density at radius 3 is 2.35 bits per heavy atom. The van der Waals surface area contributed by atoms with E-state index < -0.39 is 6.04 Å². The minimum absolute atomic E-state index is 0.00227. The Bertz CT molecular complexity index is 376. The van der Waals surface area contributed by atoms with Crippen LogP contribution in [0.15, 0.2) is 30.3 Å². The van der Waals surface area contributed by atoms with Crippen molar-refractivity contribution in [2.75, 3.05) is 6.54 Å². The van der Waals surface area contributed by atoms with E-state index in [0.29, 0.717) is 13.0 Å². The van der Waals surface area contributed by atoms with E-state index in [2.05, 4.69) is 10.6 Å². The molecule has 0 fully saturated rings. The fraction of sp³-hybridized carbons (Fsp3) is 0.385. The number of nitrogens with one attached hydrogen (secondary N) is 2. The molecular weight excluding hydrogens is 216 g/mol. The van der Waals surface area contributed by atoms with E-state index in [1.165, 1.54) is 0 Å². The molecule has 1 aromatic rings. The summed E-state index contributed by atoms with van der Waals surface area (Å²) in [5.41, 5.74) is 0.811. The van der Waals surface area contributed by atoms with E-state index >= 15 is 0 Å². The first-order chi connectivity index (χ1) is 8.19. The molecule has 0 bridgehead atoms. The summed E-state index contributed by atoms with van der Waals surface area (Å²) in [6.45, 7) is 4.16. The third-order valence-electron chi connectivity index (χ3n) is 2.42. The molecule has 0 saturated carbocycles. The molecule has 4 heteroatoms. The van der Waals surface area contributed by atoms with Gasteiger partial charge < -0.3 is 10.6 Å². The zero-order valence-corrected chi connectivity index (χ0v) is 10.2. The standard InChI is InChI=1S/C13H18N2O2/c1-3-11(16)12(15-13(17)14-4-2)10-8-6-5-7-9-10/h5-9,12H,3-4H2,1-2H3,(H2,14,15,17)/t12-/m1/s1. The SMILES string of the molecule is CCNC(=O)N[C@@H](C(=O)CC)c1ccccc1. The second kappa shape index (κ2) is 6.68. The average Bonchev–Trinajstić information content (AvgIpc) is 2.36. The molecule has 0 aliphatic rings. The van der Waals surface area contributed by atoms with Gasteiger partial charge in [0, 0.05) is 13.0 Å². The number of amides is 2. The molecule has 0 unspecified atom stereocenters. The van der Waals surface area contributed by atoms with Crippen molar-refractivity contribution >= 4 is 11.8 Å². The monoisotopic (exact) mass is 234 g/mol. The molecule has 2 N–H and O–H groups in total. The van der Waals surface area contributed by atoms with Gasteiger partial charge in [0.1, 0.15) is 6.04 Å². The highest BCUT2D eigenvalue weighted by molar-refractivity contribution is 5.89. The summed E-state index contributed by atoms with van der Waals surface area (Å²) in [6.07, 6.45) is 0.395. The second-order valence-corrected chi connectivity index (χ2v) is 3.67. The van der Waals surface area contributed by atoms with Crippen molar-refractivity contribution in [1.29, 1.82) is 0 Å². The summed E-state index contributed by atoms with van der Waals surface area (Å²) in [6, 6.07) is 8.38. The van der Waals surface area contributed by atoms with Crippen LogP contribution in [0.3, 0.4) is 0 Å². The normalized spacial score (nSPS) is 11.6. The van der Waals surface area contributed by atoms with Gasteiger partial charge in [0.25, 0.3) is 0 Å². The van der Waals surface area contributed by atoms with Crippen molar-refractivity contribution in [1.82, 2.24) is 10.6 Å². The van der Waals surface area contributed by atoms with Crippen molar-refractivity contribution in [3.8, 4) is 0 Å². The Balaban J connectivity index is 2.82. The maximum atomic E-state index is 11.8. The topological polar surface area (TPSA) is 58.2 Å². The molecule has 1 aromatic carbocycles. The molecule has 17 heavy (non-hydrogen) atoms. The Labute approximate surface area is 101 Å². The molecule has 1 atom stereocenters. The maximum Gasteiger partial charge on any atom is 0.315 e. The lowest BCUT2D eigenvalue weighted by Gasteiger charge is -2.17. The van der Waals surface area contributed by atoms with Gasteiger partial charge >= 0.3 is 6.03 Å². The first-order valence-corrected chi connectivity index (χ1v) is 5.81. The van der Waals surface area contributed by atoms with E-state index in [1.54, 1.807) is 6.92 Å². The van der Waals surface area contributed by atoms with Gasteiger partial charge in [0.2, 0.25) is 0 Å². The smallest absolute Gasteiger partial charge is 0.315 e. The van der Waals surface area contributed by atoms with Crippen LogP contribution in [0.4, 0.5) is 4.79 Å². The van der Waals surface area contributed by atoms with Crippen LogP contribution in [0, 0.1) is 0 Å². The predicted molar refractivity (Wildman–Crippen MR) is 66.7 cm³/mol. The summed E-state index contributed by atoms with van der Waals surface area (Å²) < 4.78 is 0. The Morgan fingerprint density at radius 2 is 1.82 bits per heavy atom. The highest BCUT2D eigenvalue weighted by atomic mass is 16.2. The molecule has 0 radical (unpaired) electrons. The lowest BCUT2D eigenvalue weighted by atomic mass is 10.0. The summed E-state index contributed by atoms with van der Waals surface area (Å²) in [5.74, 6) is 0.00227. The average molecular weight is 234 g/mol. The van der Waals surface area contributed by atoms with Crippen molar-refractivity contribution in [3.05, 3.63) is 35.9 Å². The molecule has 0 spiro atoms. The van der Waals surface area contributed by atoms with Gasteiger partial charge in [-0.05, 0) is 12.5 Å². The summed E-state index contributed by atoms with van der Waals surface area (Å²) in [4.78, 5) is 23.3. The summed E-state index contributed by atoms with van der Waals surface area (Å²) >= 11 is 0. The largest absolute Gasteiger partial charge is 0.338 e. The minimum atomic E-state index is -0.562. The van der Waals surface area contributed by atoms with Crippen LogP contribution in [0.2, 0.25) is 0 Å². The fourth-order valence-electron chi connectivity index (χ4n) is 1.54. The molecule has 4 nitrogen and oxygen atoms in total. The van der Waals surface area contributed by atoms with E-state index in [9.17, 15) is 9.59 Å². The highest BCUT2D eigenvalue weighted by Gasteiger charge is 2.20. The van der Waals surface area contributed by atoms with E-state index in [0.717, 1.165) is 5.56 Å². The Kier molecular flexibility index (Phi) is 5.20. The molecule has 92 valence electrons. The van der Waals surface area contributed by atoms with Crippen LogP contribution >= 0.6 is 0 Å². The number of ketones is 1. The third-order valence-corrected chi connectivity index (χ3v) is 2.42. The summed E-state index contributed by atoms with van der Waals surface area (Å²) in [7, 11) is 0. The third kappa shape index (κ3) is 3.90. The van der Waals surface area contributed by atoms with Gasteiger partial charge in [-0.1, -0.05) is 37.3 Å². The van der Waals surface area contributed by atoms with Crippen molar-refractivity contribution in [2.45, 2.75) is 26.3 Å².